The van der Waals surface area contributed by atoms with Gasteiger partial charge in [0, 0.05) is 37.8 Å². The van der Waals surface area contributed by atoms with Crippen molar-refractivity contribution in [1.29, 1.82) is 0 Å². The Kier molecular flexibility index (Phi) is 5.14. The minimum atomic E-state index is -0.400. The molecule has 0 bridgehead atoms. The lowest BCUT2D eigenvalue weighted by atomic mass is 10.1. The Hall–Kier alpha value is -3.09. The van der Waals surface area contributed by atoms with Crippen LogP contribution in [0.1, 0.15) is 36.0 Å². The van der Waals surface area contributed by atoms with Gasteiger partial charge in [0.25, 0.3) is 11.6 Å². The smallest absolute Gasteiger partial charge is 0.293 e. The number of hydrogen-bond acceptors (Lipinski definition) is 5. The molecule has 2 aromatic carbocycles. The van der Waals surface area contributed by atoms with Crippen LogP contribution in [0.2, 0.25) is 0 Å². The van der Waals surface area contributed by atoms with E-state index >= 15 is 0 Å². The summed E-state index contributed by atoms with van der Waals surface area (Å²) >= 11 is 0. The van der Waals surface area contributed by atoms with Gasteiger partial charge in [-0.15, -0.1) is 0 Å². The van der Waals surface area contributed by atoms with E-state index in [0.717, 1.165) is 63.2 Å². The number of nitro benzene ring substituents is 1. The van der Waals surface area contributed by atoms with Gasteiger partial charge in [-0.25, -0.2) is 0 Å². The highest BCUT2D eigenvalue weighted by atomic mass is 16.6. The van der Waals surface area contributed by atoms with Crippen molar-refractivity contribution in [3.8, 4) is 0 Å². The molecule has 0 aromatic heterocycles. The maximum absolute atomic E-state index is 12.8. The van der Waals surface area contributed by atoms with Crippen LogP contribution in [0.25, 0.3) is 0 Å². The molecule has 28 heavy (non-hydrogen) atoms. The third-order valence-electron chi connectivity index (χ3n) is 5.48. The first-order valence-electron chi connectivity index (χ1n) is 9.82. The van der Waals surface area contributed by atoms with Crippen LogP contribution in [-0.4, -0.2) is 37.0 Å². The number of carbonyl (C=O) groups excluding carboxylic acids is 1. The Bertz CT molecular complexity index is 887. The van der Waals surface area contributed by atoms with E-state index in [-0.39, 0.29) is 11.6 Å². The number of nitrogens with one attached hydrogen (secondary N) is 1. The minimum absolute atomic E-state index is 0.0117. The number of benzene rings is 2. The molecule has 2 aliphatic heterocycles. The van der Waals surface area contributed by atoms with Crippen molar-refractivity contribution in [2.75, 3.05) is 41.3 Å². The Balaban J connectivity index is 1.59. The topological polar surface area (TPSA) is 78.7 Å². The number of amides is 1. The van der Waals surface area contributed by atoms with E-state index in [2.05, 4.69) is 10.2 Å². The molecule has 2 aromatic rings. The van der Waals surface area contributed by atoms with Crippen molar-refractivity contribution < 1.29 is 9.72 Å². The van der Waals surface area contributed by atoms with Crippen molar-refractivity contribution in [3.63, 3.8) is 0 Å². The fourth-order valence-electron chi connectivity index (χ4n) is 4.04. The normalized spacial score (nSPS) is 16.4. The van der Waals surface area contributed by atoms with Gasteiger partial charge in [0.2, 0.25) is 0 Å². The number of carbonyl (C=O) groups is 1. The third kappa shape index (κ3) is 3.65. The summed E-state index contributed by atoms with van der Waals surface area (Å²) < 4.78 is 0. The lowest BCUT2D eigenvalue weighted by Crippen LogP contribution is -2.21. The zero-order chi connectivity index (χ0) is 19.5. The van der Waals surface area contributed by atoms with Crippen molar-refractivity contribution >= 4 is 28.7 Å². The molecule has 0 spiro atoms. The molecule has 4 rings (SSSR count). The van der Waals surface area contributed by atoms with E-state index in [4.69, 9.17) is 0 Å². The van der Waals surface area contributed by atoms with Gasteiger partial charge in [-0.3, -0.25) is 14.9 Å². The molecule has 1 amide bonds. The van der Waals surface area contributed by atoms with E-state index in [9.17, 15) is 14.9 Å². The summed E-state index contributed by atoms with van der Waals surface area (Å²) in [4.78, 5) is 28.3. The maximum atomic E-state index is 12.8. The van der Waals surface area contributed by atoms with Crippen molar-refractivity contribution in [1.82, 2.24) is 0 Å². The SMILES string of the molecule is O=C(Nc1ccccc1N1CCCC1)c1ccc(N2CCCC2)c([N+](=O)[O-])c1. The Morgan fingerprint density at radius 3 is 2.14 bits per heavy atom. The minimum Gasteiger partial charge on any atom is -0.370 e. The highest BCUT2D eigenvalue weighted by molar-refractivity contribution is 6.06. The summed E-state index contributed by atoms with van der Waals surface area (Å²) in [7, 11) is 0. The molecule has 0 unspecified atom stereocenters. The fourth-order valence-corrected chi connectivity index (χ4v) is 4.04. The number of nitro groups is 1. The molecule has 7 heteroatoms. The van der Waals surface area contributed by atoms with Crippen LogP contribution >= 0.6 is 0 Å². The summed E-state index contributed by atoms with van der Waals surface area (Å²) in [5, 5.41) is 14.5. The predicted octanol–water partition coefficient (Wildman–Crippen LogP) is 4.05. The highest BCUT2D eigenvalue weighted by Gasteiger charge is 2.24. The first kappa shape index (κ1) is 18.3. The second kappa shape index (κ2) is 7.88. The predicted molar refractivity (Wildman–Crippen MR) is 110 cm³/mol. The second-order valence-electron chi connectivity index (χ2n) is 7.32. The molecule has 2 saturated heterocycles. The van der Waals surface area contributed by atoms with E-state index in [0.29, 0.717) is 11.3 Å². The highest BCUT2D eigenvalue weighted by Crippen LogP contribution is 2.33. The molecule has 0 aliphatic carbocycles. The molecule has 2 aliphatic rings. The van der Waals surface area contributed by atoms with Gasteiger partial charge in [-0.1, -0.05) is 12.1 Å². The van der Waals surface area contributed by atoms with Crippen molar-refractivity contribution in [3.05, 3.63) is 58.1 Å². The molecule has 0 radical (unpaired) electrons. The monoisotopic (exact) mass is 380 g/mol. The zero-order valence-electron chi connectivity index (χ0n) is 15.8. The van der Waals surface area contributed by atoms with Gasteiger partial charge in [0.15, 0.2) is 0 Å². The number of anilines is 3. The average Bonchev–Trinajstić information content (AvgIpc) is 3.42. The van der Waals surface area contributed by atoms with Gasteiger partial charge in [0.05, 0.1) is 16.3 Å². The zero-order valence-corrected chi connectivity index (χ0v) is 15.8. The summed E-state index contributed by atoms with van der Waals surface area (Å²) in [5.41, 5.74) is 2.61. The summed E-state index contributed by atoms with van der Waals surface area (Å²) in [6.45, 7) is 3.58. The van der Waals surface area contributed by atoms with Crippen LogP contribution in [0, 0.1) is 10.1 Å². The van der Waals surface area contributed by atoms with Gasteiger partial charge in [0.1, 0.15) is 5.69 Å². The Morgan fingerprint density at radius 1 is 0.893 bits per heavy atom. The molecule has 7 nitrogen and oxygen atoms in total. The van der Waals surface area contributed by atoms with Crippen molar-refractivity contribution in [2.45, 2.75) is 25.7 Å². The molecule has 2 heterocycles. The third-order valence-corrected chi connectivity index (χ3v) is 5.48. The standard InChI is InChI=1S/C21H24N4O3/c26-21(22-17-7-1-2-8-18(17)23-11-3-4-12-23)16-9-10-19(20(15-16)25(27)28)24-13-5-6-14-24/h1-2,7-10,15H,3-6,11-14H2,(H,22,26). The fraction of sp³-hybridized carbons (Fsp3) is 0.381. The van der Waals surface area contributed by atoms with E-state index < -0.39 is 4.92 Å². The summed E-state index contributed by atoms with van der Waals surface area (Å²) in [6.07, 6.45) is 4.36. The van der Waals surface area contributed by atoms with Gasteiger partial charge in [-0.2, -0.15) is 0 Å². The van der Waals surface area contributed by atoms with E-state index in [1.165, 1.54) is 6.07 Å². The number of rotatable bonds is 5. The van der Waals surface area contributed by atoms with Crippen LogP contribution in [0.5, 0.6) is 0 Å². The van der Waals surface area contributed by atoms with Crippen LogP contribution in [-0.2, 0) is 0 Å². The maximum Gasteiger partial charge on any atom is 0.293 e. The van der Waals surface area contributed by atoms with Crippen LogP contribution < -0.4 is 15.1 Å². The van der Waals surface area contributed by atoms with Crippen LogP contribution in [0.3, 0.4) is 0 Å². The van der Waals surface area contributed by atoms with E-state index in [1.807, 2.05) is 29.2 Å². The van der Waals surface area contributed by atoms with Gasteiger partial charge < -0.3 is 15.1 Å². The Labute approximate surface area is 164 Å². The molecular formula is C21H24N4O3. The Morgan fingerprint density at radius 2 is 1.50 bits per heavy atom. The molecular weight excluding hydrogens is 356 g/mol. The molecule has 146 valence electrons. The molecule has 1 N–H and O–H groups in total. The molecule has 0 saturated carbocycles. The molecule has 2 fully saturated rings. The van der Waals surface area contributed by atoms with Crippen LogP contribution in [0.15, 0.2) is 42.5 Å². The number of hydrogen-bond donors (Lipinski definition) is 1. The number of para-hydroxylation sites is 2. The second-order valence-corrected chi connectivity index (χ2v) is 7.32. The molecule has 0 atom stereocenters. The van der Waals surface area contributed by atoms with E-state index in [1.54, 1.807) is 12.1 Å². The first-order chi connectivity index (χ1) is 13.6. The van der Waals surface area contributed by atoms with Gasteiger partial charge >= 0.3 is 0 Å². The largest absolute Gasteiger partial charge is 0.370 e. The number of nitrogens with zero attached hydrogens (tertiary/aromatic N) is 3. The lowest BCUT2D eigenvalue weighted by molar-refractivity contribution is -0.384. The summed E-state index contributed by atoms with van der Waals surface area (Å²) in [5.74, 6) is -0.331. The summed E-state index contributed by atoms with van der Waals surface area (Å²) in [6, 6.07) is 12.5. The average molecular weight is 380 g/mol. The lowest BCUT2D eigenvalue weighted by Gasteiger charge is -2.21. The van der Waals surface area contributed by atoms with Crippen LogP contribution in [0.4, 0.5) is 22.7 Å². The quantitative estimate of drug-likeness (QED) is 0.625. The van der Waals surface area contributed by atoms with Crippen molar-refractivity contribution in [2.24, 2.45) is 0 Å². The first-order valence-corrected chi connectivity index (χ1v) is 9.82. The van der Waals surface area contributed by atoms with Gasteiger partial charge in [-0.05, 0) is 49.9 Å².